The first-order valence-corrected chi connectivity index (χ1v) is 6.49. The van der Waals surface area contributed by atoms with Gasteiger partial charge in [-0.15, -0.1) is 6.58 Å². The van der Waals surface area contributed by atoms with Gasteiger partial charge in [0, 0.05) is 13.6 Å². The van der Waals surface area contributed by atoms with Crippen LogP contribution in [0.25, 0.3) is 0 Å². The van der Waals surface area contributed by atoms with E-state index in [2.05, 4.69) is 11.9 Å². The third kappa shape index (κ3) is 5.75. The molecule has 0 unspecified atom stereocenters. The minimum atomic E-state index is 0.0326. The van der Waals surface area contributed by atoms with Gasteiger partial charge in [0.15, 0.2) is 0 Å². The van der Waals surface area contributed by atoms with E-state index in [1.807, 2.05) is 24.3 Å². The van der Waals surface area contributed by atoms with E-state index in [4.69, 9.17) is 9.47 Å². The molecule has 110 valence electrons. The normalized spacial score (nSPS) is 9.90. The topological polar surface area (TPSA) is 50.8 Å². The molecule has 0 aliphatic carbocycles. The highest BCUT2D eigenvalue weighted by Crippen LogP contribution is 2.16. The molecular weight excluding hydrogens is 256 g/mol. The van der Waals surface area contributed by atoms with Crippen LogP contribution in [-0.2, 0) is 4.79 Å². The highest BCUT2D eigenvalue weighted by molar-refractivity contribution is 5.77. The summed E-state index contributed by atoms with van der Waals surface area (Å²) in [5.74, 6) is 1.58. The van der Waals surface area contributed by atoms with Gasteiger partial charge in [-0.2, -0.15) is 0 Å². The standard InChI is InChI=1S/C15H22N2O3/c1-4-9-16-12-15(18)17(2)10-11-20-14-7-5-13(19-3)6-8-14/h4-8,16H,1,9-12H2,2-3H3. The molecule has 0 saturated carbocycles. The number of rotatable bonds is 9. The van der Waals surface area contributed by atoms with Crippen LogP contribution >= 0.6 is 0 Å². The maximum atomic E-state index is 11.7. The molecule has 1 aromatic rings. The Labute approximate surface area is 120 Å². The molecule has 0 spiro atoms. The molecule has 0 aromatic heterocycles. The number of methoxy groups -OCH3 is 1. The summed E-state index contributed by atoms with van der Waals surface area (Å²) in [6, 6.07) is 7.35. The Morgan fingerprint density at radius 2 is 2.00 bits per heavy atom. The fourth-order valence-corrected chi connectivity index (χ4v) is 1.51. The van der Waals surface area contributed by atoms with E-state index in [1.54, 1.807) is 25.1 Å². The number of hydrogen-bond acceptors (Lipinski definition) is 4. The van der Waals surface area contributed by atoms with E-state index < -0.39 is 0 Å². The van der Waals surface area contributed by atoms with Gasteiger partial charge in [-0.1, -0.05) is 6.08 Å². The molecule has 0 fully saturated rings. The first-order valence-electron chi connectivity index (χ1n) is 6.49. The molecule has 1 N–H and O–H groups in total. The van der Waals surface area contributed by atoms with Crippen LogP contribution < -0.4 is 14.8 Å². The van der Waals surface area contributed by atoms with Crippen LogP contribution in [0, 0.1) is 0 Å². The van der Waals surface area contributed by atoms with Crippen LogP contribution in [0.4, 0.5) is 0 Å². The second-order valence-corrected chi connectivity index (χ2v) is 4.26. The Balaban J connectivity index is 2.24. The number of hydrogen-bond donors (Lipinski definition) is 1. The van der Waals surface area contributed by atoms with E-state index >= 15 is 0 Å². The average Bonchev–Trinajstić information content (AvgIpc) is 2.48. The van der Waals surface area contributed by atoms with Gasteiger partial charge in [0.05, 0.1) is 20.2 Å². The fraction of sp³-hybridized carbons (Fsp3) is 0.400. The SMILES string of the molecule is C=CCNCC(=O)N(C)CCOc1ccc(OC)cc1. The summed E-state index contributed by atoms with van der Waals surface area (Å²) >= 11 is 0. The van der Waals surface area contributed by atoms with Crippen LogP contribution in [-0.4, -0.2) is 51.2 Å². The summed E-state index contributed by atoms with van der Waals surface area (Å²) < 4.78 is 10.6. The summed E-state index contributed by atoms with van der Waals surface area (Å²) in [4.78, 5) is 13.3. The Kier molecular flexibility index (Phi) is 7.21. The minimum Gasteiger partial charge on any atom is -0.497 e. The predicted octanol–water partition coefficient (Wildman–Crippen LogP) is 1.31. The van der Waals surface area contributed by atoms with Crippen molar-refractivity contribution in [2.75, 3.05) is 40.4 Å². The Bertz CT molecular complexity index is 418. The third-order valence-corrected chi connectivity index (χ3v) is 2.75. The molecule has 0 aliphatic rings. The van der Waals surface area contributed by atoms with Crippen LogP contribution in [0.1, 0.15) is 0 Å². The summed E-state index contributed by atoms with van der Waals surface area (Å²) in [5, 5.41) is 2.97. The van der Waals surface area contributed by atoms with Crippen molar-refractivity contribution in [1.29, 1.82) is 0 Å². The van der Waals surface area contributed by atoms with Crippen LogP contribution in [0.5, 0.6) is 11.5 Å². The van der Waals surface area contributed by atoms with E-state index in [-0.39, 0.29) is 5.91 Å². The number of likely N-dealkylation sites (N-methyl/N-ethyl adjacent to an activating group) is 1. The monoisotopic (exact) mass is 278 g/mol. The molecular formula is C15H22N2O3. The molecule has 1 amide bonds. The van der Waals surface area contributed by atoms with E-state index in [0.29, 0.717) is 26.2 Å². The maximum absolute atomic E-state index is 11.7. The van der Waals surface area contributed by atoms with Crippen LogP contribution in [0.15, 0.2) is 36.9 Å². The zero-order valence-electron chi connectivity index (χ0n) is 12.1. The lowest BCUT2D eigenvalue weighted by Crippen LogP contribution is -2.37. The lowest BCUT2D eigenvalue weighted by atomic mass is 10.3. The number of carbonyl (C=O) groups is 1. The van der Waals surface area contributed by atoms with Crippen molar-refractivity contribution >= 4 is 5.91 Å². The predicted molar refractivity (Wildman–Crippen MR) is 79.2 cm³/mol. The Morgan fingerprint density at radius 3 is 2.60 bits per heavy atom. The van der Waals surface area contributed by atoms with Crippen molar-refractivity contribution in [3.05, 3.63) is 36.9 Å². The van der Waals surface area contributed by atoms with E-state index in [1.165, 1.54) is 0 Å². The lowest BCUT2D eigenvalue weighted by molar-refractivity contribution is -0.129. The first kappa shape index (κ1) is 16.0. The van der Waals surface area contributed by atoms with Crippen molar-refractivity contribution in [2.24, 2.45) is 0 Å². The number of nitrogens with one attached hydrogen (secondary N) is 1. The van der Waals surface area contributed by atoms with Crippen molar-refractivity contribution in [3.8, 4) is 11.5 Å². The van der Waals surface area contributed by atoms with Gasteiger partial charge in [0.1, 0.15) is 18.1 Å². The third-order valence-electron chi connectivity index (χ3n) is 2.75. The first-order chi connectivity index (χ1) is 9.67. The second kappa shape index (κ2) is 8.98. The zero-order valence-corrected chi connectivity index (χ0v) is 12.1. The molecule has 0 bridgehead atoms. The smallest absolute Gasteiger partial charge is 0.236 e. The molecule has 0 atom stereocenters. The van der Waals surface area contributed by atoms with E-state index in [0.717, 1.165) is 11.5 Å². The summed E-state index contributed by atoms with van der Waals surface area (Å²) in [6.45, 7) is 5.52. The molecule has 1 aromatic carbocycles. The van der Waals surface area contributed by atoms with Gasteiger partial charge in [-0.05, 0) is 24.3 Å². The summed E-state index contributed by atoms with van der Waals surface area (Å²) in [6.07, 6.45) is 1.72. The minimum absolute atomic E-state index is 0.0326. The summed E-state index contributed by atoms with van der Waals surface area (Å²) in [7, 11) is 3.38. The van der Waals surface area contributed by atoms with Crippen LogP contribution in [0.3, 0.4) is 0 Å². The van der Waals surface area contributed by atoms with E-state index in [9.17, 15) is 4.79 Å². The molecule has 5 heteroatoms. The van der Waals surface area contributed by atoms with Crippen molar-refractivity contribution in [2.45, 2.75) is 0 Å². The van der Waals surface area contributed by atoms with Gasteiger partial charge in [-0.3, -0.25) is 4.79 Å². The second-order valence-electron chi connectivity index (χ2n) is 4.26. The number of ether oxygens (including phenoxy) is 2. The van der Waals surface area contributed by atoms with Crippen molar-refractivity contribution in [1.82, 2.24) is 10.2 Å². The Morgan fingerprint density at radius 1 is 1.35 bits per heavy atom. The summed E-state index contributed by atoms with van der Waals surface area (Å²) in [5.41, 5.74) is 0. The van der Waals surface area contributed by atoms with Gasteiger partial charge >= 0.3 is 0 Å². The number of amides is 1. The Hall–Kier alpha value is -2.01. The molecule has 0 saturated heterocycles. The number of benzene rings is 1. The zero-order chi connectivity index (χ0) is 14.8. The molecule has 5 nitrogen and oxygen atoms in total. The van der Waals surface area contributed by atoms with Crippen molar-refractivity contribution in [3.63, 3.8) is 0 Å². The maximum Gasteiger partial charge on any atom is 0.236 e. The molecule has 0 aliphatic heterocycles. The average molecular weight is 278 g/mol. The van der Waals surface area contributed by atoms with Crippen LogP contribution in [0.2, 0.25) is 0 Å². The number of nitrogens with zero attached hydrogens (tertiary/aromatic N) is 1. The molecule has 0 heterocycles. The quantitative estimate of drug-likeness (QED) is 0.546. The molecule has 1 rings (SSSR count). The highest BCUT2D eigenvalue weighted by atomic mass is 16.5. The van der Waals surface area contributed by atoms with Gasteiger partial charge in [-0.25, -0.2) is 0 Å². The number of carbonyl (C=O) groups excluding carboxylic acids is 1. The largest absolute Gasteiger partial charge is 0.497 e. The molecule has 20 heavy (non-hydrogen) atoms. The molecule has 0 radical (unpaired) electrons. The lowest BCUT2D eigenvalue weighted by Gasteiger charge is -2.17. The van der Waals surface area contributed by atoms with Gasteiger partial charge < -0.3 is 19.7 Å². The highest BCUT2D eigenvalue weighted by Gasteiger charge is 2.07. The van der Waals surface area contributed by atoms with Gasteiger partial charge in [0.2, 0.25) is 5.91 Å². The van der Waals surface area contributed by atoms with Crippen molar-refractivity contribution < 1.29 is 14.3 Å². The van der Waals surface area contributed by atoms with Gasteiger partial charge in [0.25, 0.3) is 0 Å². The fourth-order valence-electron chi connectivity index (χ4n) is 1.51.